The average molecular weight is 410 g/mol. The molecule has 30 heavy (non-hydrogen) atoms. The van der Waals surface area contributed by atoms with E-state index in [-0.39, 0.29) is 19.3 Å². The molecule has 8 nitrogen and oxygen atoms in total. The third-order valence-corrected chi connectivity index (χ3v) is 4.51. The molecular weight excluding hydrogens is 388 g/mol. The average Bonchev–Trinajstić information content (AvgIpc) is 3.23. The summed E-state index contributed by atoms with van der Waals surface area (Å²) in [7, 11) is 0. The number of likely N-dealkylation sites (N-methyl/N-ethyl adjacent to an activating group) is 1. The predicted octanol–water partition coefficient (Wildman–Crippen LogP) is 2.65. The number of nitrogens with zero attached hydrogens (tertiary/aromatic N) is 2. The van der Waals surface area contributed by atoms with Gasteiger partial charge >= 0.3 is 5.97 Å². The van der Waals surface area contributed by atoms with Crippen molar-refractivity contribution in [3.05, 3.63) is 53.6 Å². The lowest BCUT2D eigenvalue weighted by Gasteiger charge is -2.21. The normalized spacial score (nSPS) is 12.6. The Bertz CT molecular complexity index is 951. The Balaban J connectivity index is 1.49. The van der Waals surface area contributed by atoms with Crippen LogP contribution < -0.4 is 14.2 Å². The second kappa shape index (κ2) is 9.65. The van der Waals surface area contributed by atoms with Gasteiger partial charge in [0, 0.05) is 13.1 Å². The molecule has 0 fully saturated rings. The van der Waals surface area contributed by atoms with Gasteiger partial charge in [0.15, 0.2) is 24.2 Å². The SMILES string of the molecule is CCN(Cc1ccc2c(c1)OCO2)C(=O)COC(=O)[C@@H](C)Oc1ccc(C#N)cc1. The second-order valence-electron chi connectivity index (χ2n) is 6.60. The van der Waals surface area contributed by atoms with Crippen molar-refractivity contribution in [2.75, 3.05) is 19.9 Å². The van der Waals surface area contributed by atoms with Crippen LogP contribution in [0.15, 0.2) is 42.5 Å². The third kappa shape index (κ3) is 5.20. The fourth-order valence-corrected chi connectivity index (χ4v) is 2.84. The molecule has 2 aromatic rings. The zero-order chi connectivity index (χ0) is 21.5. The van der Waals surface area contributed by atoms with Crippen LogP contribution in [0.2, 0.25) is 0 Å². The van der Waals surface area contributed by atoms with Gasteiger partial charge in [-0.1, -0.05) is 6.07 Å². The van der Waals surface area contributed by atoms with Crippen molar-refractivity contribution in [2.45, 2.75) is 26.5 Å². The Morgan fingerprint density at radius 2 is 1.90 bits per heavy atom. The van der Waals surface area contributed by atoms with Crippen molar-refractivity contribution < 1.29 is 28.5 Å². The Morgan fingerprint density at radius 3 is 2.60 bits per heavy atom. The van der Waals surface area contributed by atoms with E-state index in [1.54, 1.807) is 35.2 Å². The minimum Gasteiger partial charge on any atom is -0.479 e. The Kier molecular flexibility index (Phi) is 6.75. The molecule has 2 aromatic carbocycles. The molecule has 156 valence electrons. The van der Waals surface area contributed by atoms with Gasteiger partial charge < -0.3 is 23.8 Å². The number of benzene rings is 2. The maximum Gasteiger partial charge on any atom is 0.347 e. The van der Waals surface area contributed by atoms with Gasteiger partial charge in [0.05, 0.1) is 11.6 Å². The lowest BCUT2D eigenvalue weighted by molar-refractivity contribution is -0.157. The van der Waals surface area contributed by atoms with Gasteiger partial charge in [-0.3, -0.25) is 4.79 Å². The molecule has 8 heteroatoms. The molecule has 0 saturated carbocycles. The highest BCUT2D eigenvalue weighted by molar-refractivity contribution is 5.82. The zero-order valence-electron chi connectivity index (χ0n) is 16.8. The second-order valence-corrected chi connectivity index (χ2v) is 6.60. The molecule has 0 radical (unpaired) electrons. The maximum absolute atomic E-state index is 12.5. The highest BCUT2D eigenvalue weighted by atomic mass is 16.7. The number of fused-ring (bicyclic) bond motifs is 1. The van der Waals surface area contributed by atoms with Crippen molar-refractivity contribution in [3.63, 3.8) is 0 Å². The van der Waals surface area contributed by atoms with Crippen LogP contribution in [-0.2, 0) is 20.9 Å². The van der Waals surface area contributed by atoms with Crippen LogP contribution in [0, 0.1) is 11.3 Å². The number of carbonyl (C=O) groups excluding carboxylic acids is 2. The highest BCUT2D eigenvalue weighted by Gasteiger charge is 2.21. The summed E-state index contributed by atoms with van der Waals surface area (Å²) in [6.45, 7) is 4.02. The Labute approximate surface area is 174 Å². The molecule has 0 N–H and O–H groups in total. The molecule has 1 amide bonds. The minimum atomic E-state index is -0.894. The summed E-state index contributed by atoms with van der Waals surface area (Å²) in [4.78, 5) is 26.2. The molecule has 3 rings (SSSR count). The smallest absolute Gasteiger partial charge is 0.347 e. The Hall–Kier alpha value is -3.73. The third-order valence-electron chi connectivity index (χ3n) is 4.51. The molecule has 0 aromatic heterocycles. The highest BCUT2D eigenvalue weighted by Crippen LogP contribution is 2.32. The van der Waals surface area contributed by atoms with Gasteiger partial charge in [-0.15, -0.1) is 0 Å². The quantitative estimate of drug-likeness (QED) is 0.617. The maximum atomic E-state index is 12.5. The molecule has 0 unspecified atom stereocenters. The number of carbonyl (C=O) groups is 2. The first-order valence-electron chi connectivity index (χ1n) is 9.50. The molecular formula is C22H22N2O6. The van der Waals surface area contributed by atoms with Crippen LogP contribution in [0.3, 0.4) is 0 Å². The molecule has 0 saturated heterocycles. The van der Waals surface area contributed by atoms with Gasteiger partial charge in [-0.25, -0.2) is 4.79 Å². The van der Waals surface area contributed by atoms with Crippen molar-refractivity contribution in [1.82, 2.24) is 4.90 Å². The summed E-state index contributed by atoms with van der Waals surface area (Å²) >= 11 is 0. The lowest BCUT2D eigenvalue weighted by atomic mass is 10.2. The van der Waals surface area contributed by atoms with E-state index in [0.29, 0.717) is 35.9 Å². The van der Waals surface area contributed by atoms with Crippen molar-refractivity contribution >= 4 is 11.9 Å². The Morgan fingerprint density at radius 1 is 1.17 bits per heavy atom. The van der Waals surface area contributed by atoms with Crippen LogP contribution in [0.1, 0.15) is 25.0 Å². The number of amides is 1. The van der Waals surface area contributed by atoms with E-state index in [0.717, 1.165) is 5.56 Å². The summed E-state index contributed by atoms with van der Waals surface area (Å²) in [6, 6.07) is 13.9. The largest absolute Gasteiger partial charge is 0.479 e. The molecule has 1 atom stereocenters. The standard InChI is InChI=1S/C22H22N2O6/c1-3-24(12-17-6-9-19-20(10-17)29-14-28-19)21(25)13-27-22(26)15(2)30-18-7-4-16(11-23)5-8-18/h4-10,15H,3,12-14H2,1-2H3/t15-/m1/s1. The van der Waals surface area contributed by atoms with Crippen molar-refractivity contribution in [2.24, 2.45) is 0 Å². The number of esters is 1. The van der Waals surface area contributed by atoms with Gasteiger partial charge in [-0.2, -0.15) is 5.26 Å². The molecule has 0 bridgehead atoms. The van der Waals surface area contributed by atoms with Crippen LogP contribution in [0.25, 0.3) is 0 Å². The number of nitriles is 1. The van der Waals surface area contributed by atoms with Crippen LogP contribution >= 0.6 is 0 Å². The van der Waals surface area contributed by atoms with Gasteiger partial charge in [0.1, 0.15) is 5.75 Å². The van der Waals surface area contributed by atoms with Crippen molar-refractivity contribution in [1.29, 1.82) is 5.26 Å². The molecule has 0 spiro atoms. The first-order chi connectivity index (χ1) is 14.5. The van der Waals surface area contributed by atoms with Crippen LogP contribution in [0.5, 0.6) is 17.2 Å². The van der Waals surface area contributed by atoms with Crippen molar-refractivity contribution in [3.8, 4) is 23.3 Å². The lowest BCUT2D eigenvalue weighted by Crippen LogP contribution is -2.36. The number of hydrogen-bond donors (Lipinski definition) is 0. The van der Waals surface area contributed by atoms with Gasteiger partial charge in [0.2, 0.25) is 6.79 Å². The number of ether oxygens (including phenoxy) is 4. The predicted molar refractivity (Wildman–Crippen MR) is 106 cm³/mol. The fourth-order valence-electron chi connectivity index (χ4n) is 2.84. The van der Waals surface area contributed by atoms with E-state index < -0.39 is 12.1 Å². The summed E-state index contributed by atoms with van der Waals surface area (Å²) in [5.74, 6) is 0.804. The van der Waals surface area contributed by atoms with Crippen LogP contribution in [-0.4, -0.2) is 42.8 Å². The molecule has 0 aliphatic carbocycles. The zero-order valence-corrected chi connectivity index (χ0v) is 16.8. The molecule has 1 aliphatic rings. The van der Waals surface area contributed by atoms with Crippen LogP contribution in [0.4, 0.5) is 0 Å². The van der Waals surface area contributed by atoms with Gasteiger partial charge in [-0.05, 0) is 55.8 Å². The monoisotopic (exact) mass is 410 g/mol. The number of hydrogen-bond acceptors (Lipinski definition) is 7. The topological polar surface area (TPSA) is 98.1 Å². The van der Waals surface area contributed by atoms with E-state index in [4.69, 9.17) is 24.2 Å². The molecule has 1 heterocycles. The van der Waals surface area contributed by atoms with E-state index in [9.17, 15) is 9.59 Å². The summed E-state index contributed by atoms with van der Waals surface area (Å²) in [6.07, 6.45) is -0.894. The molecule has 1 aliphatic heterocycles. The summed E-state index contributed by atoms with van der Waals surface area (Å²) < 4.78 is 21.3. The number of rotatable bonds is 8. The fraction of sp³-hybridized carbons (Fsp3) is 0.318. The first-order valence-corrected chi connectivity index (χ1v) is 9.50. The van der Waals surface area contributed by atoms with E-state index in [1.807, 2.05) is 25.1 Å². The van der Waals surface area contributed by atoms with E-state index in [1.165, 1.54) is 6.92 Å². The van der Waals surface area contributed by atoms with Gasteiger partial charge in [0.25, 0.3) is 5.91 Å². The van der Waals surface area contributed by atoms with E-state index >= 15 is 0 Å². The summed E-state index contributed by atoms with van der Waals surface area (Å²) in [5, 5.41) is 8.81. The van der Waals surface area contributed by atoms with E-state index in [2.05, 4.69) is 0 Å². The first kappa shape index (κ1) is 21.0. The summed E-state index contributed by atoms with van der Waals surface area (Å²) in [5.41, 5.74) is 1.38. The minimum absolute atomic E-state index is 0.188.